The van der Waals surface area contributed by atoms with Gasteiger partial charge in [-0.2, -0.15) is 0 Å². The molecule has 0 aromatic heterocycles. The molecule has 2 aromatic carbocycles. The lowest BCUT2D eigenvalue weighted by atomic mass is 10.1. The lowest BCUT2D eigenvalue weighted by Crippen LogP contribution is -2.33. The third-order valence-corrected chi connectivity index (χ3v) is 4.87. The number of amides is 1. The number of nitrogens with zero attached hydrogens (tertiary/aromatic N) is 1. The van der Waals surface area contributed by atoms with Crippen LogP contribution in [-0.4, -0.2) is 29.1 Å². The molecule has 0 radical (unpaired) electrons. The largest absolute Gasteiger partial charge is 0.545 e. The molecule has 1 aliphatic rings. The minimum atomic E-state index is -1.33. The highest BCUT2D eigenvalue weighted by molar-refractivity contribution is 7.99. The predicted molar refractivity (Wildman–Crippen MR) is 83.5 cm³/mol. The summed E-state index contributed by atoms with van der Waals surface area (Å²) in [6.45, 7) is 0.602. The quantitative estimate of drug-likeness (QED) is 0.869. The molecule has 112 valence electrons. The zero-order valence-corrected chi connectivity index (χ0v) is 12.6. The van der Waals surface area contributed by atoms with Crippen molar-refractivity contribution < 1.29 is 14.7 Å². The Morgan fingerprint density at radius 1 is 1.00 bits per heavy atom. The SMILES string of the molecule is O=C([O-])c1ccccc1C(=O)N1CCS[C@H]1c1ccccc1. The van der Waals surface area contributed by atoms with E-state index in [2.05, 4.69) is 0 Å². The van der Waals surface area contributed by atoms with Crippen molar-refractivity contribution in [2.75, 3.05) is 12.3 Å². The van der Waals surface area contributed by atoms with Crippen molar-refractivity contribution in [3.05, 3.63) is 71.3 Å². The van der Waals surface area contributed by atoms with E-state index in [9.17, 15) is 14.7 Å². The summed E-state index contributed by atoms with van der Waals surface area (Å²) < 4.78 is 0. The Labute approximate surface area is 132 Å². The van der Waals surface area contributed by atoms with Crippen LogP contribution in [-0.2, 0) is 0 Å². The van der Waals surface area contributed by atoms with Gasteiger partial charge >= 0.3 is 0 Å². The van der Waals surface area contributed by atoms with Gasteiger partial charge in [0.1, 0.15) is 5.37 Å². The molecule has 1 saturated heterocycles. The number of hydrogen-bond donors (Lipinski definition) is 0. The maximum atomic E-state index is 12.8. The molecular formula is C17H14NO3S-. The van der Waals surface area contributed by atoms with Crippen LogP contribution in [0.1, 0.15) is 31.7 Å². The van der Waals surface area contributed by atoms with Gasteiger partial charge in [0, 0.05) is 23.4 Å². The predicted octanol–water partition coefficient (Wildman–Crippen LogP) is 1.94. The van der Waals surface area contributed by atoms with Gasteiger partial charge < -0.3 is 14.8 Å². The first-order valence-electron chi connectivity index (χ1n) is 6.96. The Bertz CT molecular complexity index is 702. The monoisotopic (exact) mass is 312 g/mol. The van der Waals surface area contributed by atoms with Crippen LogP contribution in [0.25, 0.3) is 0 Å². The molecule has 22 heavy (non-hydrogen) atoms. The molecule has 0 spiro atoms. The molecule has 5 heteroatoms. The Balaban J connectivity index is 1.93. The van der Waals surface area contributed by atoms with Crippen molar-refractivity contribution in [1.29, 1.82) is 0 Å². The van der Waals surface area contributed by atoms with Gasteiger partial charge in [-0.15, -0.1) is 11.8 Å². The summed E-state index contributed by atoms with van der Waals surface area (Å²) in [4.78, 5) is 25.7. The molecule has 1 fully saturated rings. The second kappa shape index (κ2) is 6.23. The van der Waals surface area contributed by atoms with Crippen molar-refractivity contribution in [3.8, 4) is 0 Å². The van der Waals surface area contributed by atoms with E-state index in [0.717, 1.165) is 11.3 Å². The van der Waals surface area contributed by atoms with E-state index in [-0.39, 0.29) is 22.4 Å². The first-order chi connectivity index (χ1) is 10.7. The van der Waals surface area contributed by atoms with Crippen molar-refractivity contribution in [2.24, 2.45) is 0 Å². The molecule has 1 amide bonds. The van der Waals surface area contributed by atoms with Gasteiger partial charge in [-0.3, -0.25) is 4.79 Å². The lowest BCUT2D eigenvalue weighted by Gasteiger charge is -2.25. The fraction of sp³-hybridized carbons (Fsp3) is 0.176. The third-order valence-electron chi connectivity index (χ3n) is 3.61. The summed E-state index contributed by atoms with van der Waals surface area (Å²) >= 11 is 1.68. The van der Waals surface area contributed by atoms with Gasteiger partial charge in [0.05, 0.1) is 5.97 Å². The summed E-state index contributed by atoms with van der Waals surface area (Å²) in [6.07, 6.45) is 0. The van der Waals surface area contributed by atoms with E-state index in [1.807, 2.05) is 30.3 Å². The van der Waals surface area contributed by atoms with Gasteiger partial charge in [-0.1, -0.05) is 48.5 Å². The van der Waals surface area contributed by atoms with Crippen LogP contribution in [0.5, 0.6) is 0 Å². The average molecular weight is 312 g/mol. The number of thioether (sulfide) groups is 1. The molecular weight excluding hydrogens is 298 g/mol. The first kappa shape index (κ1) is 14.7. The number of benzene rings is 2. The van der Waals surface area contributed by atoms with Crippen molar-refractivity contribution >= 4 is 23.6 Å². The summed E-state index contributed by atoms with van der Waals surface area (Å²) in [7, 11) is 0. The number of carbonyl (C=O) groups excluding carboxylic acids is 2. The average Bonchev–Trinajstić information content (AvgIpc) is 3.04. The van der Waals surface area contributed by atoms with E-state index in [1.54, 1.807) is 34.9 Å². The molecule has 0 N–H and O–H groups in total. The molecule has 1 aliphatic heterocycles. The number of carboxylic acids is 1. The fourth-order valence-corrected chi connectivity index (χ4v) is 3.83. The molecule has 0 aliphatic carbocycles. The molecule has 0 saturated carbocycles. The van der Waals surface area contributed by atoms with Crippen LogP contribution in [0.3, 0.4) is 0 Å². The summed E-state index contributed by atoms with van der Waals surface area (Å²) in [6, 6.07) is 16.0. The number of hydrogen-bond acceptors (Lipinski definition) is 4. The van der Waals surface area contributed by atoms with Gasteiger partial charge in [0.2, 0.25) is 0 Å². The number of carboxylic acid groups (broad SMARTS) is 1. The molecule has 0 bridgehead atoms. The number of carbonyl (C=O) groups is 2. The van der Waals surface area contributed by atoms with Crippen molar-refractivity contribution in [2.45, 2.75) is 5.37 Å². The number of rotatable bonds is 3. The van der Waals surface area contributed by atoms with Crippen LogP contribution < -0.4 is 5.11 Å². The van der Waals surface area contributed by atoms with Crippen LogP contribution in [0.15, 0.2) is 54.6 Å². The minimum Gasteiger partial charge on any atom is -0.545 e. The van der Waals surface area contributed by atoms with Crippen LogP contribution in [0.2, 0.25) is 0 Å². The Morgan fingerprint density at radius 3 is 2.32 bits per heavy atom. The summed E-state index contributed by atoms with van der Waals surface area (Å²) in [5.74, 6) is -0.760. The van der Waals surface area contributed by atoms with Gasteiger partial charge in [0.25, 0.3) is 5.91 Å². The highest BCUT2D eigenvalue weighted by atomic mass is 32.2. The molecule has 1 heterocycles. The zero-order valence-electron chi connectivity index (χ0n) is 11.8. The summed E-state index contributed by atoms with van der Waals surface area (Å²) in [5.41, 5.74) is 1.17. The Hall–Kier alpha value is -2.27. The fourth-order valence-electron chi connectivity index (χ4n) is 2.57. The van der Waals surface area contributed by atoms with Crippen molar-refractivity contribution in [3.63, 3.8) is 0 Å². The second-order valence-electron chi connectivity index (χ2n) is 4.97. The molecule has 0 unspecified atom stereocenters. The molecule has 2 aromatic rings. The third kappa shape index (κ3) is 2.72. The van der Waals surface area contributed by atoms with Crippen molar-refractivity contribution in [1.82, 2.24) is 4.90 Å². The van der Waals surface area contributed by atoms with E-state index >= 15 is 0 Å². The van der Waals surface area contributed by atoms with E-state index in [4.69, 9.17) is 0 Å². The summed E-state index contributed by atoms with van der Waals surface area (Å²) in [5, 5.41) is 11.1. The molecule has 3 rings (SSSR count). The van der Waals surface area contributed by atoms with Gasteiger partial charge in [0.15, 0.2) is 0 Å². The zero-order chi connectivity index (χ0) is 15.5. The normalized spacial score (nSPS) is 17.5. The van der Waals surface area contributed by atoms with Gasteiger partial charge in [-0.05, 0) is 11.6 Å². The minimum absolute atomic E-state index is 0.0591. The highest BCUT2D eigenvalue weighted by Gasteiger charge is 2.32. The molecule has 4 nitrogen and oxygen atoms in total. The van der Waals surface area contributed by atoms with Gasteiger partial charge in [-0.25, -0.2) is 0 Å². The van der Waals surface area contributed by atoms with Crippen LogP contribution in [0.4, 0.5) is 0 Å². The maximum absolute atomic E-state index is 12.8. The lowest BCUT2D eigenvalue weighted by molar-refractivity contribution is -0.255. The van der Waals surface area contributed by atoms with E-state index in [0.29, 0.717) is 6.54 Å². The number of aromatic carboxylic acids is 1. The Morgan fingerprint density at radius 2 is 1.64 bits per heavy atom. The van der Waals surface area contributed by atoms with Crippen LogP contribution in [0, 0.1) is 0 Å². The smallest absolute Gasteiger partial charge is 0.255 e. The molecule has 1 atom stereocenters. The standard InChI is InChI=1S/C17H15NO3S/c19-15(13-8-4-5-9-14(13)17(20)21)18-10-11-22-16(18)12-6-2-1-3-7-12/h1-9,16H,10-11H2,(H,20,21)/p-1/t16-/m0/s1. The Kier molecular flexibility index (Phi) is 4.15. The second-order valence-corrected chi connectivity index (χ2v) is 6.15. The maximum Gasteiger partial charge on any atom is 0.255 e. The van der Waals surface area contributed by atoms with Crippen LogP contribution >= 0.6 is 11.8 Å². The topological polar surface area (TPSA) is 60.4 Å². The first-order valence-corrected chi connectivity index (χ1v) is 8.01. The highest BCUT2D eigenvalue weighted by Crippen LogP contribution is 2.38. The van der Waals surface area contributed by atoms with E-state index in [1.165, 1.54) is 6.07 Å². The van der Waals surface area contributed by atoms with E-state index < -0.39 is 5.97 Å².